The molecule has 0 aromatic heterocycles. The van der Waals surface area contributed by atoms with E-state index < -0.39 is 0 Å². The molecule has 2 amide bonds. The van der Waals surface area contributed by atoms with Gasteiger partial charge in [0, 0.05) is 32.1 Å². The molecule has 5 nitrogen and oxygen atoms in total. The predicted molar refractivity (Wildman–Crippen MR) is 101 cm³/mol. The van der Waals surface area contributed by atoms with Crippen molar-refractivity contribution in [2.24, 2.45) is 11.3 Å². The number of amides is 2. The topological polar surface area (TPSA) is 52.7 Å². The lowest BCUT2D eigenvalue weighted by Gasteiger charge is -2.40. The molecule has 0 radical (unpaired) electrons. The molecule has 1 fully saturated rings. The molecule has 0 aromatic rings. The van der Waals surface area contributed by atoms with Gasteiger partial charge in [-0.25, -0.2) is 0 Å². The van der Waals surface area contributed by atoms with E-state index in [2.05, 4.69) is 31.0 Å². The van der Waals surface area contributed by atoms with Crippen molar-refractivity contribution in [3.05, 3.63) is 11.1 Å². The van der Waals surface area contributed by atoms with Crippen molar-refractivity contribution in [3.63, 3.8) is 0 Å². The van der Waals surface area contributed by atoms with E-state index in [4.69, 9.17) is 0 Å². The lowest BCUT2D eigenvalue weighted by molar-refractivity contribution is -0.144. The lowest BCUT2D eigenvalue weighted by atomic mass is 9.72. The first-order chi connectivity index (χ1) is 11.7. The summed E-state index contributed by atoms with van der Waals surface area (Å²) in [4.78, 5) is 29.4. The summed E-state index contributed by atoms with van der Waals surface area (Å²) in [5, 5.41) is 3.02. The Bertz CT molecular complexity index is 533. The maximum absolute atomic E-state index is 13.0. The molecule has 142 valence electrons. The number of carbonyl (C=O) groups is 2. The zero-order valence-electron chi connectivity index (χ0n) is 16.7. The number of rotatable bonds is 5. The van der Waals surface area contributed by atoms with Crippen LogP contribution in [0.15, 0.2) is 11.1 Å². The number of hydrogen-bond acceptors (Lipinski definition) is 3. The number of allylic oxidation sites excluding steroid dienone is 2. The van der Waals surface area contributed by atoms with Gasteiger partial charge in [-0.15, -0.1) is 0 Å². The van der Waals surface area contributed by atoms with Crippen LogP contribution in [0.3, 0.4) is 0 Å². The van der Waals surface area contributed by atoms with Crippen molar-refractivity contribution in [1.82, 2.24) is 15.1 Å². The first kappa shape index (κ1) is 20.0. The van der Waals surface area contributed by atoms with Crippen LogP contribution in [0.2, 0.25) is 0 Å². The molecule has 0 bridgehead atoms. The summed E-state index contributed by atoms with van der Waals surface area (Å²) in [5.41, 5.74) is 2.56. The highest BCUT2D eigenvalue weighted by Gasteiger charge is 2.40. The van der Waals surface area contributed by atoms with Gasteiger partial charge in [-0.2, -0.15) is 0 Å². The van der Waals surface area contributed by atoms with Gasteiger partial charge in [0.15, 0.2) is 0 Å². The molecule has 1 heterocycles. The molecule has 2 aliphatic rings. The summed E-state index contributed by atoms with van der Waals surface area (Å²) < 4.78 is 0. The van der Waals surface area contributed by atoms with Crippen LogP contribution in [0.25, 0.3) is 0 Å². The molecule has 1 aliphatic carbocycles. The average Bonchev–Trinajstić information content (AvgIpc) is 2.57. The van der Waals surface area contributed by atoms with Gasteiger partial charge in [-0.05, 0) is 60.0 Å². The fraction of sp³-hybridized carbons (Fsp3) is 0.800. The highest BCUT2D eigenvalue weighted by atomic mass is 16.2. The average molecular weight is 350 g/mol. The maximum Gasteiger partial charge on any atom is 0.228 e. The van der Waals surface area contributed by atoms with Crippen LogP contribution in [0, 0.1) is 11.3 Å². The van der Waals surface area contributed by atoms with Gasteiger partial charge in [-0.3, -0.25) is 9.59 Å². The minimum atomic E-state index is -0.260. The number of hydrogen-bond donors (Lipinski definition) is 1. The Hall–Kier alpha value is -1.36. The van der Waals surface area contributed by atoms with Crippen molar-refractivity contribution in [2.45, 2.75) is 52.9 Å². The van der Waals surface area contributed by atoms with Crippen molar-refractivity contribution < 1.29 is 9.59 Å². The first-order valence-electron chi connectivity index (χ1n) is 9.60. The molecular weight excluding hydrogens is 314 g/mol. The predicted octanol–water partition coefficient (Wildman–Crippen LogP) is 2.43. The van der Waals surface area contributed by atoms with Gasteiger partial charge >= 0.3 is 0 Å². The summed E-state index contributed by atoms with van der Waals surface area (Å²) in [6, 6.07) is 0. The molecule has 1 unspecified atom stereocenters. The van der Waals surface area contributed by atoms with Crippen LogP contribution in [0.4, 0.5) is 0 Å². The normalized spacial score (nSPS) is 25.4. The molecule has 1 aliphatic heterocycles. The van der Waals surface area contributed by atoms with Crippen molar-refractivity contribution in [2.75, 3.05) is 40.3 Å². The van der Waals surface area contributed by atoms with E-state index in [0.717, 1.165) is 38.6 Å². The number of nitrogens with one attached hydrogen (secondary N) is 1. The van der Waals surface area contributed by atoms with Gasteiger partial charge in [0.25, 0.3) is 0 Å². The Morgan fingerprint density at radius 3 is 2.40 bits per heavy atom. The summed E-state index contributed by atoms with van der Waals surface area (Å²) in [6.45, 7) is 9.42. The number of nitrogens with zero attached hydrogens (tertiary/aromatic N) is 2. The quantitative estimate of drug-likeness (QED) is 0.776. The smallest absolute Gasteiger partial charge is 0.228 e. The second kappa shape index (κ2) is 8.35. The summed E-state index contributed by atoms with van der Waals surface area (Å²) in [5.74, 6) is 0.479. The van der Waals surface area contributed by atoms with Crippen LogP contribution in [0.1, 0.15) is 52.9 Å². The van der Waals surface area contributed by atoms with Gasteiger partial charge in [-0.1, -0.05) is 18.1 Å². The molecule has 5 heteroatoms. The Balaban J connectivity index is 1.83. The molecular formula is C20H35N3O2. The third-order valence-electron chi connectivity index (χ3n) is 5.96. The second-order valence-corrected chi connectivity index (χ2v) is 8.46. The van der Waals surface area contributed by atoms with Crippen molar-refractivity contribution in [1.29, 1.82) is 0 Å². The van der Waals surface area contributed by atoms with Gasteiger partial charge in [0.05, 0.1) is 5.41 Å². The van der Waals surface area contributed by atoms with Crippen molar-refractivity contribution in [3.8, 4) is 0 Å². The zero-order chi connectivity index (χ0) is 18.6. The van der Waals surface area contributed by atoms with Gasteiger partial charge in [0.2, 0.25) is 11.8 Å². The SMILES string of the molecule is CC1=C(C)CC(C)(C(=O)N2CCC(C(=O)NCCN(C)C)CC2)CC1. The summed E-state index contributed by atoms with van der Waals surface area (Å²) >= 11 is 0. The van der Waals surface area contributed by atoms with Crippen LogP contribution in [-0.2, 0) is 9.59 Å². The fourth-order valence-corrected chi connectivity index (χ4v) is 3.96. The minimum Gasteiger partial charge on any atom is -0.355 e. The van der Waals surface area contributed by atoms with Gasteiger partial charge in [0.1, 0.15) is 0 Å². The van der Waals surface area contributed by atoms with Crippen LogP contribution < -0.4 is 5.32 Å². The van der Waals surface area contributed by atoms with E-state index in [0.29, 0.717) is 19.6 Å². The van der Waals surface area contributed by atoms with E-state index in [1.54, 1.807) is 0 Å². The van der Waals surface area contributed by atoms with E-state index >= 15 is 0 Å². The van der Waals surface area contributed by atoms with Gasteiger partial charge < -0.3 is 15.1 Å². The highest BCUT2D eigenvalue weighted by molar-refractivity contribution is 5.84. The molecule has 0 spiro atoms. The Morgan fingerprint density at radius 1 is 1.20 bits per heavy atom. The van der Waals surface area contributed by atoms with Crippen LogP contribution in [-0.4, -0.2) is 61.9 Å². The fourth-order valence-electron chi connectivity index (χ4n) is 3.96. The maximum atomic E-state index is 13.0. The molecule has 2 rings (SSSR count). The van der Waals surface area contributed by atoms with E-state index in [-0.39, 0.29) is 23.1 Å². The third kappa shape index (κ3) is 5.06. The summed E-state index contributed by atoms with van der Waals surface area (Å²) in [6.07, 6.45) is 4.41. The zero-order valence-corrected chi connectivity index (χ0v) is 16.7. The van der Waals surface area contributed by atoms with Crippen molar-refractivity contribution >= 4 is 11.8 Å². The standard InChI is InChI=1S/C20H35N3O2/c1-15-6-9-20(3,14-16(15)2)19(25)23-11-7-17(8-12-23)18(24)21-10-13-22(4)5/h17H,6-14H2,1-5H3,(H,21,24). The monoisotopic (exact) mass is 349 g/mol. The Morgan fingerprint density at radius 2 is 1.84 bits per heavy atom. The van der Waals surface area contributed by atoms with Crippen LogP contribution in [0.5, 0.6) is 0 Å². The Kier molecular flexibility index (Phi) is 6.66. The first-order valence-corrected chi connectivity index (χ1v) is 9.60. The Labute approximate surface area is 152 Å². The molecule has 0 aromatic carbocycles. The number of likely N-dealkylation sites (tertiary alicyclic amines) is 1. The number of carbonyl (C=O) groups excluding carboxylic acids is 2. The number of piperidine rings is 1. The van der Waals surface area contributed by atoms with Crippen LogP contribution >= 0.6 is 0 Å². The van der Waals surface area contributed by atoms with E-state index in [1.165, 1.54) is 11.1 Å². The molecule has 25 heavy (non-hydrogen) atoms. The third-order valence-corrected chi connectivity index (χ3v) is 5.96. The molecule has 1 saturated heterocycles. The summed E-state index contributed by atoms with van der Waals surface area (Å²) in [7, 11) is 4.00. The molecule has 0 saturated carbocycles. The number of likely N-dealkylation sites (N-methyl/N-ethyl adjacent to an activating group) is 1. The van der Waals surface area contributed by atoms with E-state index in [9.17, 15) is 9.59 Å². The lowest BCUT2D eigenvalue weighted by Crippen LogP contribution is -2.49. The minimum absolute atomic E-state index is 0.0502. The highest BCUT2D eigenvalue weighted by Crippen LogP contribution is 2.40. The van der Waals surface area contributed by atoms with E-state index in [1.807, 2.05) is 19.0 Å². The molecule has 1 atom stereocenters. The molecule has 1 N–H and O–H groups in total. The largest absolute Gasteiger partial charge is 0.355 e. The second-order valence-electron chi connectivity index (χ2n) is 8.46.